The summed E-state index contributed by atoms with van der Waals surface area (Å²) in [5.74, 6) is 0.928. The Morgan fingerprint density at radius 3 is 2.64 bits per heavy atom. The van der Waals surface area contributed by atoms with Crippen LogP contribution in [0.4, 0.5) is 5.69 Å². The number of ether oxygens (including phenoxy) is 3. The van der Waals surface area contributed by atoms with Gasteiger partial charge in [-0.2, -0.15) is 0 Å². The Balaban J connectivity index is 2.17. The van der Waals surface area contributed by atoms with E-state index in [1.807, 2.05) is 60.5 Å². The number of benzene rings is 2. The molecule has 1 unspecified atom stereocenters. The highest BCUT2D eigenvalue weighted by Crippen LogP contribution is 2.41. The maximum Gasteiger partial charge on any atom is 0.336 e. The number of carbonyl (C=O) groups is 1. The molecule has 0 saturated carbocycles. The number of likely N-dealkylation sites (N-methyl/N-ethyl adjacent to an activating group) is 1. The van der Waals surface area contributed by atoms with Crippen LogP contribution in [0.5, 0.6) is 11.5 Å². The Hall–Kier alpha value is -2.95. The zero-order valence-electron chi connectivity index (χ0n) is 14.4. The van der Waals surface area contributed by atoms with Gasteiger partial charge in [0, 0.05) is 19.2 Å². The Labute approximate surface area is 147 Å². The summed E-state index contributed by atoms with van der Waals surface area (Å²) in [7, 11) is 3.27. The van der Waals surface area contributed by atoms with Crippen LogP contribution in [0.3, 0.4) is 0 Å². The van der Waals surface area contributed by atoms with Gasteiger partial charge in [0.25, 0.3) is 0 Å². The fourth-order valence-electron chi connectivity index (χ4n) is 3.19. The first kappa shape index (κ1) is 16.9. The zero-order valence-corrected chi connectivity index (χ0v) is 14.4. The fraction of sp³-hybridized carbons (Fsp3) is 0.250. The van der Waals surface area contributed by atoms with Crippen molar-refractivity contribution in [3.05, 3.63) is 66.7 Å². The average molecular weight is 339 g/mol. The van der Waals surface area contributed by atoms with E-state index < -0.39 is 5.54 Å². The van der Waals surface area contributed by atoms with E-state index in [-0.39, 0.29) is 12.8 Å². The van der Waals surface area contributed by atoms with E-state index >= 15 is 0 Å². The molecule has 130 valence electrons. The second-order valence-electron chi connectivity index (χ2n) is 5.81. The van der Waals surface area contributed by atoms with Crippen LogP contribution in [0.15, 0.2) is 61.2 Å². The number of esters is 1. The summed E-state index contributed by atoms with van der Waals surface area (Å²) in [6.07, 6.45) is 2.10. The summed E-state index contributed by atoms with van der Waals surface area (Å²) in [6.45, 7) is 4.03. The lowest BCUT2D eigenvalue weighted by Gasteiger charge is -2.40. The molecule has 0 radical (unpaired) electrons. The predicted octanol–water partition coefficient (Wildman–Crippen LogP) is 3.50. The number of methoxy groups -OCH3 is 1. The van der Waals surface area contributed by atoms with E-state index in [4.69, 9.17) is 14.2 Å². The molecule has 1 aliphatic heterocycles. The highest BCUT2D eigenvalue weighted by atomic mass is 16.7. The van der Waals surface area contributed by atoms with Crippen molar-refractivity contribution < 1.29 is 19.0 Å². The van der Waals surface area contributed by atoms with E-state index in [9.17, 15) is 4.79 Å². The molecule has 0 aliphatic carbocycles. The van der Waals surface area contributed by atoms with Gasteiger partial charge in [-0.3, -0.25) is 0 Å². The molecule has 0 spiro atoms. The van der Waals surface area contributed by atoms with Crippen molar-refractivity contribution in [2.24, 2.45) is 0 Å². The average Bonchev–Trinajstić information content (AvgIpc) is 3.13. The van der Waals surface area contributed by atoms with Crippen molar-refractivity contribution in [1.29, 1.82) is 0 Å². The van der Waals surface area contributed by atoms with Crippen LogP contribution >= 0.6 is 0 Å². The Morgan fingerprint density at radius 2 is 1.96 bits per heavy atom. The number of rotatable bonds is 6. The van der Waals surface area contributed by atoms with Crippen molar-refractivity contribution in [3.63, 3.8) is 0 Å². The smallest absolute Gasteiger partial charge is 0.336 e. The van der Waals surface area contributed by atoms with Gasteiger partial charge >= 0.3 is 5.97 Å². The van der Waals surface area contributed by atoms with E-state index in [1.165, 1.54) is 7.11 Å². The van der Waals surface area contributed by atoms with Crippen LogP contribution < -0.4 is 14.4 Å². The van der Waals surface area contributed by atoms with Gasteiger partial charge in [-0.1, -0.05) is 30.3 Å². The lowest BCUT2D eigenvalue weighted by Crippen LogP contribution is -2.51. The monoisotopic (exact) mass is 339 g/mol. The first-order valence-corrected chi connectivity index (χ1v) is 8.02. The molecule has 0 bridgehead atoms. The number of para-hydroxylation sites is 1. The third-order valence-corrected chi connectivity index (χ3v) is 4.53. The highest BCUT2D eigenvalue weighted by molar-refractivity contribution is 5.87. The van der Waals surface area contributed by atoms with Crippen LogP contribution in [0.2, 0.25) is 0 Å². The molecule has 1 heterocycles. The topological polar surface area (TPSA) is 48.0 Å². The van der Waals surface area contributed by atoms with Crippen molar-refractivity contribution in [3.8, 4) is 11.5 Å². The lowest BCUT2D eigenvalue weighted by atomic mass is 9.84. The summed E-state index contributed by atoms with van der Waals surface area (Å²) in [6, 6.07) is 15.2. The number of hydrogen-bond donors (Lipinski definition) is 0. The molecule has 2 aromatic carbocycles. The molecule has 0 N–H and O–H groups in total. The Morgan fingerprint density at radius 1 is 1.24 bits per heavy atom. The highest BCUT2D eigenvalue weighted by Gasteiger charge is 2.45. The van der Waals surface area contributed by atoms with Gasteiger partial charge in [0.1, 0.15) is 0 Å². The Kier molecular flexibility index (Phi) is 4.65. The largest absolute Gasteiger partial charge is 0.467 e. The minimum Gasteiger partial charge on any atom is -0.467 e. The molecular weight excluding hydrogens is 318 g/mol. The molecule has 1 aliphatic rings. The van der Waals surface area contributed by atoms with E-state index in [0.717, 1.165) is 11.3 Å². The second kappa shape index (κ2) is 6.89. The predicted molar refractivity (Wildman–Crippen MR) is 95.9 cm³/mol. The zero-order chi connectivity index (χ0) is 17.9. The SMILES string of the molecule is C=CCC(C(=O)OC)(c1ccc2c(c1)OCO2)N(C)c1ccccc1. The number of anilines is 1. The summed E-state index contributed by atoms with van der Waals surface area (Å²) in [4.78, 5) is 14.9. The van der Waals surface area contributed by atoms with Gasteiger partial charge in [-0.15, -0.1) is 6.58 Å². The standard InChI is InChI=1S/C20H21NO4/c1-4-12-20(19(22)23-3,21(2)16-8-6-5-7-9-16)15-10-11-17-18(13-15)25-14-24-17/h4-11,13H,1,12,14H2,2-3H3. The Bertz CT molecular complexity index is 775. The lowest BCUT2D eigenvalue weighted by molar-refractivity contribution is -0.147. The van der Waals surface area contributed by atoms with Crippen LogP contribution in [0.1, 0.15) is 12.0 Å². The maximum absolute atomic E-state index is 13.0. The normalized spacial score (nSPS) is 14.5. The van der Waals surface area contributed by atoms with Crippen LogP contribution in [0.25, 0.3) is 0 Å². The first-order valence-electron chi connectivity index (χ1n) is 8.02. The van der Waals surface area contributed by atoms with Crippen LogP contribution in [-0.2, 0) is 15.1 Å². The molecule has 0 saturated heterocycles. The number of hydrogen-bond acceptors (Lipinski definition) is 5. The van der Waals surface area contributed by atoms with Gasteiger partial charge in [0.2, 0.25) is 6.79 Å². The molecule has 0 aromatic heterocycles. The van der Waals surface area contributed by atoms with Crippen LogP contribution in [-0.4, -0.2) is 26.9 Å². The molecule has 5 heteroatoms. The van der Waals surface area contributed by atoms with Crippen molar-refractivity contribution in [2.75, 3.05) is 25.9 Å². The van der Waals surface area contributed by atoms with Gasteiger partial charge < -0.3 is 19.1 Å². The molecule has 2 aromatic rings. The van der Waals surface area contributed by atoms with Crippen LogP contribution in [0, 0.1) is 0 Å². The molecule has 1 atom stereocenters. The summed E-state index contributed by atoms with van der Waals surface area (Å²) in [5, 5.41) is 0. The van der Waals surface area contributed by atoms with Crippen molar-refractivity contribution in [2.45, 2.75) is 12.0 Å². The van der Waals surface area contributed by atoms with E-state index in [0.29, 0.717) is 17.9 Å². The second-order valence-corrected chi connectivity index (χ2v) is 5.81. The molecule has 0 fully saturated rings. The number of carbonyl (C=O) groups excluding carboxylic acids is 1. The van der Waals surface area contributed by atoms with Crippen molar-refractivity contribution in [1.82, 2.24) is 0 Å². The molecule has 3 rings (SSSR count). The quantitative estimate of drug-likeness (QED) is 0.595. The van der Waals surface area contributed by atoms with Gasteiger partial charge in [-0.05, 0) is 29.8 Å². The molecule has 5 nitrogen and oxygen atoms in total. The minimum atomic E-state index is -1.06. The van der Waals surface area contributed by atoms with Crippen molar-refractivity contribution >= 4 is 11.7 Å². The molecular formula is C20H21NO4. The fourth-order valence-corrected chi connectivity index (χ4v) is 3.19. The third-order valence-electron chi connectivity index (χ3n) is 4.53. The number of fused-ring (bicyclic) bond motifs is 1. The molecule has 0 amide bonds. The minimum absolute atomic E-state index is 0.181. The maximum atomic E-state index is 13.0. The summed E-state index contributed by atoms with van der Waals surface area (Å²) in [5.41, 5.74) is 0.598. The summed E-state index contributed by atoms with van der Waals surface area (Å²) >= 11 is 0. The number of nitrogens with zero attached hydrogens (tertiary/aromatic N) is 1. The molecule has 25 heavy (non-hydrogen) atoms. The van der Waals surface area contributed by atoms with E-state index in [2.05, 4.69) is 6.58 Å². The summed E-state index contributed by atoms with van der Waals surface area (Å²) < 4.78 is 16.1. The van der Waals surface area contributed by atoms with E-state index in [1.54, 1.807) is 6.08 Å². The first-order chi connectivity index (χ1) is 12.1. The van der Waals surface area contributed by atoms with Gasteiger partial charge in [0.15, 0.2) is 17.0 Å². The van der Waals surface area contributed by atoms with Gasteiger partial charge in [0.05, 0.1) is 7.11 Å². The van der Waals surface area contributed by atoms with Gasteiger partial charge in [-0.25, -0.2) is 4.79 Å². The third kappa shape index (κ3) is 2.82.